The van der Waals surface area contributed by atoms with Crippen LogP contribution in [0.15, 0.2) is 0 Å². The second-order valence-electron chi connectivity index (χ2n) is 4.19. The summed E-state index contributed by atoms with van der Waals surface area (Å²) < 4.78 is 11.2. The lowest BCUT2D eigenvalue weighted by Gasteiger charge is -2.31. The van der Waals surface area contributed by atoms with Crippen LogP contribution >= 0.6 is 0 Å². The Bertz CT molecular complexity index is 267. The van der Waals surface area contributed by atoms with E-state index in [1.807, 2.05) is 13.8 Å². The number of hydrogen-bond acceptors (Lipinski definition) is 4. The van der Waals surface area contributed by atoms with Crippen LogP contribution in [0.4, 0.5) is 0 Å². The van der Waals surface area contributed by atoms with Gasteiger partial charge in [-0.1, -0.05) is 6.92 Å². The molecule has 0 aromatic heterocycles. The van der Waals surface area contributed by atoms with Gasteiger partial charge in [-0.25, -0.2) is 0 Å². The zero-order valence-electron chi connectivity index (χ0n) is 10.7. The van der Waals surface area contributed by atoms with E-state index in [9.17, 15) is 9.00 Å². The van der Waals surface area contributed by atoms with E-state index >= 15 is 0 Å². The first-order valence-electron chi connectivity index (χ1n) is 6.22. The van der Waals surface area contributed by atoms with Crippen molar-refractivity contribution in [3.05, 3.63) is 0 Å². The van der Waals surface area contributed by atoms with Gasteiger partial charge in [0.25, 0.3) is 0 Å². The first-order chi connectivity index (χ1) is 8.15. The molecule has 0 radical (unpaired) electrons. The lowest BCUT2D eigenvalue weighted by atomic mass is 10.2. The molecule has 2 atom stereocenters. The molecule has 0 aliphatic carbocycles. The van der Waals surface area contributed by atoms with Crippen LogP contribution in [0.5, 0.6) is 0 Å². The summed E-state index contributed by atoms with van der Waals surface area (Å²) >= 11 is 0. The molecule has 0 aromatic carbocycles. The van der Waals surface area contributed by atoms with Gasteiger partial charge < -0.3 is 10.6 Å². The topological polar surface area (TPSA) is 61.4 Å². The molecule has 1 fully saturated rings. The predicted molar refractivity (Wildman–Crippen MR) is 70.5 cm³/mol. The summed E-state index contributed by atoms with van der Waals surface area (Å²) in [5.41, 5.74) is 0. The van der Waals surface area contributed by atoms with Crippen molar-refractivity contribution in [2.24, 2.45) is 0 Å². The van der Waals surface area contributed by atoms with Gasteiger partial charge >= 0.3 is 0 Å². The van der Waals surface area contributed by atoms with Crippen molar-refractivity contribution in [1.29, 1.82) is 0 Å². The molecule has 2 N–H and O–H groups in total. The lowest BCUT2D eigenvalue weighted by Crippen LogP contribution is -2.53. The van der Waals surface area contributed by atoms with E-state index in [-0.39, 0.29) is 11.9 Å². The van der Waals surface area contributed by atoms with Gasteiger partial charge in [0.1, 0.15) is 0 Å². The monoisotopic (exact) mass is 261 g/mol. The normalized spacial score (nSPS) is 20.8. The number of rotatable bonds is 6. The van der Waals surface area contributed by atoms with E-state index in [4.69, 9.17) is 0 Å². The van der Waals surface area contributed by atoms with Crippen LogP contribution in [0, 0.1) is 0 Å². The van der Waals surface area contributed by atoms with Crippen LogP contribution in [0.2, 0.25) is 0 Å². The number of amides is 1. The Morgan fingerprint density at radius 3 is 2.71 bits per heavy atom. The van der Waals surface area contributed by atoms with Crippen molar-refractivity contribution in [3.63, 3.8) is 0 Å². The smallest absolute Gasteiger partial charge is 0.237 e. The van der Waals surface area contributed by atoms with Gasteiger partial charge in [-0.05, 0) is 6.92 Å². The van der Waals surface area contributed by atoms with Crippen molar-refractivity contribution >= 4 is 16.7 Å². The molecular weight excluding hydrogens is 238 g/mol. The average Bonchev–Trinajstić information content (AvgIpc) is 2.38. The van der Waals surface area contributed by atoms with Crippen LogP contribution in [0.3, 0.4) is 0 Å². The molecule has 2 unspecified atom stereocenters. The maximum Gasteiger partial charge on any atom is 0.237 e. The molecule has 0 aromatic rings. The number of nitrogens with one attached hydrogen (secondary N) is 2. The molecule has 100 valence electrons. The first-order valence-corrected chi connectivity index (χ1v) is 7.71. The SMILES string of the molecule is CCS(=O)CCNC(=O)C(C)N1CCNCC1. The van der Waals surface area contributed by atoms with Gasteiger partial charge in [0.15, 0.2) is 0 Å². The molecule has 1 aliphatic heterocycles. The number of piperazine rings is 1. The highest BCUT2D eigenvalue weighted by atomic mass is 32.2. The quantitative estimate of drug-likeness (QED) is 0.655. The van der Waals surface area contributed by atoms with Crippen LogP contribution in [-0.4, -0.2) is 65.3 Å². The minimum Gasteiger partial charge on any atom is -0.354 e. The first kappa shape index (κ1) is 14.6. The Kier molecular flexibility index (Phi) is 6.69. The third-order valence-corrected chi connectivity index (χ3v) is 4.33. The Morgan fingerprint density at radius 1 is 1.47 bits per heavy atom. The minimum absolute atomic E-state index is 0.0417. The highest BCUT2D eigenvalue weighted by Gasteiger charge is 2.22. The summed E-state index contributed by atoms with van der Waals surface area (Å²) in [5.74, 6) is 1.25. The standard InChI is InChI=1S/C11H23N3O2S/c1-3-17(16)9-6-13-11(15)10(2)14-7-4-12-5-8-14/h10,12H,3-9H2,1-2H3,(H,13,15). The van der Waals surface area contributed by atoms with E-state index < -0.39 is 10.8 Å². The van der Waals surface area contributed by atoms with Gasteiger partial charge in [-0.3, -0.25) is 13.9 Å². The number of carbonyl (C=O) groups excluding carboxylic acids is 1. The summed E-state index contributed by atoms with van der Waals surface area (Å²) in [4.78, 5) is 14.0. The molecule has 1 saturated heterocycles. The fourth-order valence-electron chi connectivity index (χ4n) is 1.82. The highest BCUT2D eigenvalue weighted by Crippen LogP contribution is 2.00. The summed E-state index contributed by atoms with van der Waals surface area (Å²) in [6, 6.07) is -0.0906. The molecular formula is C11H23N3O2S. The Labute approximate surface area is 106 Å². The summed E-state index contributed by atoms with van der Waals surface area (Å²) in [6.07, 6.45) is 0. The summed E-state index contributed by atoms with van der Waals surface area (Å²) in [5, 5.41) is 6.11. The van der Waals surface area contributed by atoms with E-state index in [0.717, 1.165) is 26.2 Å². The van der Waals surface area contributed by atoms with Crippen LogP contribution in [0.25, 0.3) is 0 Å². The highest BCUT2D eigenvalue weighted by molar-refractivity contribution is 7.84. The number of hydrogen-bond donors (Lipinski definition) is 2. The van der Waals surface area contributed by atoms with Gasteiger partial charge in [-0.15, -0.1) is 0 Å². The Hall–Kier alpha value is -0.460. The van der Waals surface area contributed by atoms with E-state index in [1.54, 1.807) is 0 Å². The van der Waals surface area contributed by atoms with Gasteiger partial charge in [0.2, 0.25) is 5.91 Å². The molecule has 6 heteroatoms. The van der Waals surface area contributed by atoms with Gasteiger partial charge in [-0.2, -0.15) is 0 Å². The van der Waals surface area contributed by atoms with Crippen molar-refractivity contribution in [2.75, 3.05) is 44.2 Å². The third kappa shape index (κ3) is 5.14. The predicted octanol–water partition coefficient (Wildman–Crippen LogP) is -0.835. The lowest BCUT2D eigenvalue weighted by molar-refractivity contribution is -0.125. The Morgan fingerprint density at radius 2 is 2.12 bits per heavy atom. The minimum atomic E-state index is -0.800. The largest absolute Gasteiger partial charge is 0.354 e. The molecule has 0 saturated carbocycles. The van der Waals surface area contributed by atoms with Crippen LogP contribution < -0.4 is 10.6 Å². The van der Waals surface area contributed by atoms with Crippen molar-refractivity contribution < 1.29 is 9.00 Å². The molecule has 1 aliphatic rings. The second kappa shape index (κ2) is 7.79. The van der Waals surface area contributed by atoms with E-state index in [1.165, 1.54) is 0 Å². The maximum absolute atomic E-state index is 11.8. The van der Waals surface area contributed by atoms with Crippen LogP contribution in [0.1, 0.15) is 13.8 Å². The molecule has 1 rings (SSSR count). The maximum atomic E-state index is 11.8. The van der Waals surface area contributed by atoms with Crippen molar-refractivity contribution in [2.45, 2.75) is 19.9 Å². The van der Waals surface area contributed by atoms with Crippen molar-refractivity contribution in [1.82, 2.24) is 15.5 Å². The molecule has 0 spiro atoms. The fourth-order valence-corrected chi connectivity index (χ4v) is 2.43. The molecule has 5 nitrogen and oxygen atoms in total. The molecule has 17 heavy (non-hydrogen) atoms. The zero-order valence-corrected chi connectivity index (χ0v) is 11.5. The molecule has 0 bridgehead atoms. The van der Waals surface area contributed by atoms with Crippen LogP contribution in [-0.2, 0) is 15.6 Å². The summed E-state index contributed by atoms with van der Waals surface area (Å²) in [7, 11) is -0.800. The Balaban J connectivity index is 2.23. The van der Waals surface area contributed by atoms with Gasteiger partial charge in [0.05, 0.1) is 6.04 Å². The average molecular weight is 261 g/mol. The number of carbonyl (C=O) groups is 1. The van der Waals surface area contributed by atoms with E-state index in [0.29, 0.717) is 18.1 Å². The van der Waals surface area contributed by atoms with Gasteiger partial charge in [0, 0.05) is 55.0 Å². The number of nitrogens with zero attached hydrogens (tertiary/aromatic N) is 1. The zero-order chi connectivity index (χ0) is 12.7. The third-order valence-electron chi connectivity index (χ3n) is 3.03. The fraction of sp³-hybridized carbons (Fsp3) is 0.909. The van der Waals surface area contributed by atoms with E-state index in [2.05, 4.69) is 15.5 Å². The van der Waals surface area contributed by atoms with Crippen molar-refractivity contribution in [3.8, 4) is 0 Å². The second-order valence-corrected chi connectivity index (χ2v) is 6.05. The molecule has 1 amide bonds. The molecule has 1 heterocycles. The summed E-state index contributed by atoms with van der Waals surface area (Å²) in [6.45, 7) is 8.04.